The molecule has 0 aliphatic heterocycles. The van der Waals surface area contributed by atoms with Crippen LogP contribution in [0.1, 0.15) is 31.3 Å². The van der Waals surface area contributed by atoms with Crippen molar-refractivity contribution in [2.45, 2.75) is 20.8 Å². The van der Waals surface area contributed by atoms with Gasteiger partial charge in [0.1, 0.15) is 5.69 Å². The fraction of sp³-hybridized carbons (Fsp3) is 0.500. The Kier molecular flexibility index (Phi) is 5.49. The van der Waals surface area contributed by atoms with E-state index in [9.17, 15) is 9.59 Å². The summed E-state index contributed by atoms with van der Waals surface area (Å²) >= 11 is 0. The third-order valence-electron chi connectivity index (χ3n) is 2.91. The average molecular weight is 278 g/mol. The highest BCUT2D eigenvalue weighted by Crippen LogP contribution is 2.17. The van der Waals surface area contributed by atoms with Gasteiger partial charge in [-0.25, -0.2) is 0 Å². The smallest absolute Gasteiger partial charge is 0.269 e. The highest BCUT2D eigenvalue weighted by Gasteiger charge is 2.26. The standard InChI is InChI=1S/C14H22N4O2/c1-5-16-12(19)11-8-10(6-7-17-11)18-9-14(2,3)13(20)15-4/h6-8H,5,9H2,1-4H3,(H,15,20)(H,16,19)(H,17,18). The fourth-order valence-corrected chi connectivity index (χ4v) is 1.66. The molecule has 0 aliphatic carbocycles. The van der Waals surface area contributed by atoms with Gasteiger partial charge in [-0.05, 0) is 32.9 Å². The molecule has 0 unspecified atom stereocenters. The zero-order valence-electron chi connectivity index (χ0n) is 12.4. The molecule has 20 heavy (non-hydrogen) atoms. The Morgan fingerprint density at radius 3 is 2.65 bits per heavy atom. The molecule has 6 heteroatoms. The minimum Gasteiger partial charge on any atom is -0.384 e. The van der Waals surface area contributed by atoms with E-state index in [1.54, 1.807) is 25.4 Å². The van der Waals surface area contributed by atoms with E-state index in [-0.39, 0.29) is 11.8 Å². The molecule has 1 aromatic heterocycles. The summed E-state index contributed by atoms with van der Waals surface area (Å²) in [5.74, 6) is -0.246. The second-order valence-electron chi connectivity index (χ2n) is 5.11. The molecule has 0 bridgehead atoms. The zero-order valence-corrected chi connectivity index (χ0v) is 12.4. The summed E-state index contributed by atoms with van der Waals surface area (Å²) in [6.07, 6.45) is 1.57. The summed E-state index contributed by atoms with van der Waals surface area (Å²) in [7, 11) is 1.61. The molecule has 0 aliphatic rings. The molecule has 1 heterocycles. The molecule has 6 nitrogen and oxygen atoms in total. The molecule has 0 aromatic carbocycles. The first kappa shape index (κ1) is 15.9. The van der Waals surface area contributed by atoms with Crippen molar-refractivity contribution in [2.75, 3.05) is 25.5 Å². The first-order valence-corrected chi connectivity index (χ1v) is 6.61. The van der Waals surface area contributed by atoms with Crippen molar-refractivity contribution in [3.63, 3.8) is 0 Å². The Labute approximate surface area is 119 Å². The van der Waals surface area contributed by atoms with Crippen LogP contribution in [-0.2, 0) is 4.79 Å². The minimum atomic E-state index is -0.538. The van der Waals surface area contributed by atoms with Crippen molar-refractivity contribution in [3.05, 3.63) is 24.0 Å². The van der Waals surface area contributed by atoms with Crippen LogP contribution in [0.25, 0.3) is 0 Å². The normalized spacial score (nSPS) is 10.8. The van der Waals surface area contributed by atoms with Gasteiger partial charge in [-0.1, -0.05) is 0 Å². The van der Waals surface area contributed by atoms with Gasteiger partial charge in [-0.2, -0.15) is 0 Å². The van der Waals surface area contributed by atoms with Gasteiger partial charge >= 0.3 is 0 Å². The summed E-state index contributed by atoms with van der Waals surface area (Å²) < 4.78 is 0. The maximum Gasteiger partial charge on any atom is 0.269 e. The number of hydrogen-bond donors (Lipinski definition) is 3. The molecule has 110 valence electrons. The number of nitrogens with zero attached hydrogens (tertiary/aromatic N) is 1. The number of carbonyl (C=O) groups excluding carboxylic acids is 2. The monoisotopic (exact) mass is 278 g/mol. The molecular formula is C14H22N4O2. The van der Waals surface area contributed by atoms with Gasteiger partial charge in [0, 0.05) is 32.0 Å². The zero-order chi connectivity index (χ0) is 15.2. The van der Waals surface area contributed by atoms with Gasteiger partial charge in [0.25, 0.3) is 5.91 Å². The van der Waals surface area contributed by atoms with Gasteiger partial charge in [0.2, 0.25) is 5.91 Å². The van der Waals surface area contributed by atoms with E-state index in [1.807, 2.05) is 20.8 Å². The number of aromatic nitrogens is 1. The average Bonchev–Trinajstić information content (AvgIpc) is 2.45. The van der Waals surface area contributed by atoms with E-state index >= 15 is 0 Å². The van der Waals surface area contributed by atoms with Crippen LogP contribution in [0.3, 0.4) is 0 Å². The molecule has 0 saturated carbocycles. The number of pyridine rings is 1. The lowest BCUT2D eigenvalue weighted by atomic mass is 9.92. The highest BCUT2D eigenvalue weighted by atomic mass is 16.2. The Morgan fingerprint density at radius 1 is 1.35 bits per heavy atom. The van der Waals surface area contributed by atoms with E-state index in [1.165, 1.54) is 0 Å². The van der Waals surface area contributed by atoms with Gasteiger partial charge in [0.15, 0.2) is 0 Å². The van der Waals surface area contributed by atoms with E-state index in [0.29, 0.717) is 18.8 Å². The third-order valence-corrected chi connectivity index (χ3v) is 2.91. The molecule has 1 aromatic rings. The Bertz CT molecular complexity index is 486. The molecule has 1 rings (SSSR count). The van der Waals surface area contributed by atoms with Crippen molar-refractivity contribution in [2.24, 2.45) is 5.41 Å². The molecule has 0 fully saturated rings. The lowest BCUT2D eigenvalue weighted by molar-refractivity contribution is -0.128. The van der Waals surface area contributed by atoms with Crippen LogP contribution >= 0.6 is 0 Å². The molecule has 2 amide bonds. The van der Waals surface area contributed by atoms with Crippen LogP contribution in [0.15, 0.2) is 18.3 Å². The highest BCUT2D eigenvalue weighted by molar-refractivity contribution is 5.93. The van der Waals surface area contributed by atoms with Crippen LogP contribution < -0.4 is 16.0 Å². The predicted octanol–water partition coefficient (Wildman–Crippen LogP) is 1.02. The van der Waals surface area contributed by atoms with E-state index in [4.69, 9.17) is 0 Å². The van der Waals surface area contributed by atoms with E-state index in [0.717, 1.165) is 5.69 Å². The Morgan fingerprint density at radius 2 is 2.05 bits per heavy atom. The van der Waals surface area contributed by atoms with Gasteiger partial charge in [-0.3, -0.25) is 14.6 Å². The van der Waals surface area contributed by atoms with Crippen molar-refractivity contribution < 1.29 is 9.59 Å². The minimum absolute atomic E-state index is 0.0389. The van der Waals surface area contributed by atoms with Crippen molar-refractivity contribution in [3.8, 4) is 0 Å². The summed E-state index contributed by atoms with van der Waals surface area (Å²) in [6.45, 7) is 6.58. The quantitative estimate of drug-likeness (QED) is 0.725. The summed E-state index contributed by atoms with van der Waals surface area (Å²) in [6, 6.07) is 3.44. The maximum absolute atomic E-state index is 11.7. The van der Waals surface area contributed by atoms with E-state index in [2.05, 4.69) is 20.9 Å². The molecule has 0 spiro atoms. The number of rotatable bonds is 6. The molecule has 0 radical (unpaired) electrons. The number of amides is 2. The van der Waals surface area contributed by atoms with Crippen LogP contribution in [0.4, 0.5) is 5.69 Å². The molecule has 0 saturated heterocycles. The largest absolute Gasteiger partial charge is 0.384 e. The van der Waals surface area contributed by atoms with Crippen molar-refractivity contribution in [1.82, 2.24) is 15.6 Å². The van der Waals surface area contributed by atoms with Crippen LogP contribution in [-0.4, -0.2) is 36.9 Å². The van der Waals surface area contributed by atoms with E-state index < -0.39 is 5.41 Å². The lowest BCUT2D eigenvalue weighted by Crippen LogP contribution is -2.39. The third kappa shape index (κ3) is 4.22. The summed E-state index contributed by atoms with van der Waals surface area (Å²) in [5.41, 5.74) is 0.581. The first-order chi connectivity index (χ1) is 9.40. The van der Waals surface area contributed by atoms with Crippen molar-refractivity contribution in [1.29, 1.82) is 0 Å². The van der Waals surface area contributed by atoms with Gasteiger partial charge in [-0.15, -0.1) is 0 Å². The molecular weight excluding hydrogens is 256 g/mol. The van der Waals surface area contributed by atoms with Gasteiger partial charge in [0.05, 0.1) is 5.41 Å². The molecule has 3 N–H and O–H groups in total. The first-order valence-electron chi connectivity index (χ1n) is 6.61. The van der Waals surface area contributed by atoms with Crippen LogP contribution in [0, 0.1) is 5.41 Å². The Hall–Kier alpha value is -2.11. The number of anilines is 1. The fourth-order valence-electron chi connectivity index (χ4n) is 1.66. The van der Waals surface area contributed by atoms with Crippen molar-refractivity contribution >= 4 is 17.5 Å². The topological polar surface area (TPSA) is 83.1 Å². The Balaban J connectivity index is 2.72. The van der Waals surface area contributed by atoms with Crippen LogP contribution in [0.5, 0.6) is 0 Å². The number of nitrogens with one attached hydrogen (secondary N) is 3. The number of hydrogen-bond acceptors (Lipinski definition) is 4. The predicted molar refractivity (Wildman–Crippen MR) is 78.6 cm³/mol. The SMILES string of the molecule is CCNC(=O)c1cc(NCC(C)(C)C(=O)NC)ccn1. The lowest BCUT2D eigenvalue weighted by Gasteiger charge is -2.23. The second kappa shape index (κ2) is 6.88. The van der Waals surface area contributed by atoms with Gasteiger partial charge < -0.3 is 16.0 Å². The molecule has 0 atom stereocenters. The second-order valence-corrected chi connectivity index (χ2v) is 5.11. The maximum atomic E-state index is 11.7. The summed E-state index contributed by atoms with van der Waals surface area (Å²) in [4.78, 5) is 27.4. The van der Waals surface area contributed by atoms with Crippen LogP contribution in [0.2, 0.25) is 0 Å². The number of carbonyl (C=O) groups is 2. The summed E-state index contributed by atoms with van der Waals surface area (Å²) in [5, 5.41) is 8.48.